The third-order valence-corrected chi connectivity index (χ3v) is 6.57. The Morgan fingerprint density at radius 3 is 3.03 bits per heavy atom. The fourth-order valence-electron chi connectivity index (χ4n) is 4.75. The van der Waals surface area contributed by atoms with Crippen LogP contribution in [0, 0.1) is 5.92 Å². The maximum atomic E-state index is 12.8. The Labute approximate surface area is 182 Å². The minimum absolute atomic E-state index is 0.00296. The van der Waals surface area contributed by atoms with Crippen LogP contribution in [0.25, 0.3) is 10.9 Å². The van der Waals surface area contributed by atoms with Gasteiger partial charge in [0.15, 0.2) is 0 Å². The van der Waals surface area contributed by atoms with Crippen LogP contribution in [0.4, 0.5) is 5.95 Å². The second kappa shape index (κ2) is 8.57. The number of carbonyl (C=O) groups excluding carboxylic acids is 1. The van der Waals surface area contributed by atoms with Gasteiger partial charge < -0.3 is 19.9 Å². The van der Waals surface area contributed by atoms with E-state index in [1.807, 2.05) is 30.6 Å². The van der Waals surface area contributed by atoms with Crippen molar-refractivity contribution in [3.63, 3.8) is 0 Å². The standard InChI is InChI=1S/C24H29N5O2/c1-31-19-5-7-22-20(13-19)17(14-26-22)8-9-25-23(30)16-4-6-21-18(12-16)15-27-24(28-21)29-10-2-3-11-29/h5,7,13-16,26H,2-4,6,8-12H2,1H3,(H,25,30). The SMILES string of the molecule is COc1ccc2[nH]cc(CCNC(=O)C3CCc4nc(N5CCCC5)ncc4C3)c2c1. The number of aryl methyl sites for hydroxylation is 1. The summed E-state index contributed by atoms with van der Waals surface area (Å²) >= 11 is 0. The molecule has 1 unspecified atom stereocenters. The van der Waals surface area contributed by atoms with E-state index in [1.54, 1.807) is 7.11 Å². The van der Waals surface area contributed by atoms with Gasteiger partial charge in [-0.15, -0.1) is 0 Å². The highest BCUT2D eigenvalue weighted by Gasteiger charge is 2.27. The molecule has 1 saturated heterocycles. The zero-order valence-electron chi connectivity index (χ0n) is 18.0. The van der Waals surface area contributed by atoms with Crippen LogP contribution in [-0.4, -0.2) is 47.6 Å². The van der Waals surface area contributed by atoms with E-state index < -0.39 is 0 Å². The molecule has 5 rings (SSSR count). The van der Waals surface area contributed by atoms with Gasteiger partial charge >= 0.3 is 0 Å². The molecule has 162 valence electrons. The van der Waals surface area contributed by atoms with Crippen LogP contribution in [0.1, 0.15) is 36.1 Å². The van der Waals surface area contributed by atoms with Crippen LogP contribution >= 0.6 is 0 Å². The van der Waals surface area contributed by atoms with E-state index >= 15 is 0 Å². The maximum absolute atomic E-state index is 12.8. The molecular weight excluding hydrogens is 390 g/mol. The Morgan fingerprint density at radius 1 is 1.32 bits per heavy atom. The quantitative estimate of drug-likeness (QED) is 0.642. The number of nitrogens with zero attached hydrogens (tertiary/aromatic N) is 3. The molecular formula is C24H29N5O2. The first-order valence-electron chi connectivity index (χ1n) is 11.2. The predicted molar refractivity (Wildman–Crippen MR) is 121 cm³/mol. The topological polar surface area (TPSA) is 83.1 Å². The molecule has 2 aromatic heterocycles. The second-order valence-corrected chi connectivity index (χ2v) is 8.54. The van der Waals surface area contributed by atoms with E-state index in [0.717, 1.165) is 72.6 Å². The Kier molecular flexibility index (Phi) is 5.49. The summed E-state index contributed by atoms with van der Waals surface area (Å²) in [4.78, 5) is 27.7. The lowest BCUT2D eigenvalue weighted by atomic mass is 9.86. The molecule has 3 heterocycles. The van der Waals surface area contributed by atoms with E-state index in [1.165, 1.54) is 18.4 Å². The molecule has 2 aliphatic rings. The van der Waals surface area contributed by atoms with Gasteiger partial charge in [-0.25, -0.2) is 9.97 Å². The Hall–Kier alpha value is -3.09. The van der Waals surface area contributed by atoms with Gasteiger partial charge in [-0.1, -0.05) is 0 Å². The van der Waals surface area contributed by atoms with Gasteiger partial charge in [0, 0.05) is 54.5 Å². The lowest BCUT2D eigenvalue weighted by Gasteiger charge is -2.24. The monoisotopic (exact) mass is 419 g/mol. The third kappa shape index (κ3) is 4.09. The van der Waals surface area contributed by atoms with E-state index in [9.17, 15) is 4.79 Å². The van der Waals surface area contributed by atoms with Crippen LogP contribution in [0.2, 0.25) is 0 Å². The van der Waals surface area contributed by atoms with Gasteiger partial charge in [-0.05, 0) is 67.9 Å². The van der Waals surface area contributed by atoms with Crippen molar-refractivity contribution >= 4 is 22.8 Å². The van der Waals surface area contributed by atoms with Crippen LogP contribution in [-0.2, 0) is 24.1 Å². The molecule has 1 aromatic carbocycles. The molecule has 7 nitrogen and oxygen atoms in total. The summed E-state index contributed by atoms with van der Waals surface area (Å²) in [5, 5.41) is 4.28. The number of aromatic nitrogens is 3. The van der Waals surface area contributed by atoms with Gasteiger partial charge in [-0.2, -0.15) is 0 Å². The molecule has 1 atom stereocenters. The van der Waals surface area contributed by atoms with Crippen molar-refractivity contribution in [2.45, 2.75) is 38.5 Å². The number of hydrogen-bond donors (Lipinski definition) is 2. The largest absolute Gasteiger partial charge is 0.497 e. The number of ether oxygens (including phenoxy) is 1. The van der Waals surface area contributed by atoms with Crippen molar-refractivity contribution < 1.29 is 9.53 Å². The van der Waals surface area contributed by atoms with Crippen LogP contribution in [0.15, 0.2) is 30.6 Å². The van der Waals surface area contributed by atoms with Gasteiger partial charge in [0.25, 0.3) is 0 Å². The third-order valence-electron chi connectivity index (χ3n) is 6.57. The van der Waals surface area contributed by atoms with E-state index in [-0.39, 0.29) is 11.8 Å². The molecule has 1 aliphatic heterocycles. The lowest BCUT2D eigenvalue weighted by Crippen LogP contribution is -2.35. The maximum Gasteiger partial charge on any atom is 0.225 e. The second-order valence-electron chi connectivity index (χ2n) is 8.54. The Bertz CT molecular complexity index is 1090. The number of amides is 1. The smallest absolute Gasteiger partial charge is 0.225 e. The Balaban J connectivity index is 1.17. The van der Waals surface area contributed by atoms with Crippen molar-refractivity contribution in [1.29, 1.82) is 0 Å². The first-order chi connectivity index (χ1) is 15.2. The van der Waals surface area contributed by atoms with Gasteiger partial charge in [-0.3, -0.25) is 4.79 Å². The first kappa shape index (κ1) is 19.8. The summed E-state index contributed by atoms with van der Waals surface area (Å²) in [6.07, 6.45) is 9.59. The number of methoxy groups -OCH3 is 1. The van der Waals surface area contributed by atoms with Crippen molar-refractivity contribution in [3.8, 4) is 5.75 Å². The zero-order chi connectivity index (χ0) is 21.2. The number of aromatic amines is 1. The highest BCUT2D eigenvalue weighted by Crippen LogP contribution is 2.27. The molecule has 3 aromatic rings. The fourth-order valence-corrected chi connectivity index (χ4v) is 4.75. The zero-order valence-corrected chi connectivity index (χ0v) is 18.0. The normalized spacial score (nSPS) is 18.2. The van der Waals surface area contributed by atoms with Crippen molar-refractivity contribution in [2.24, 2.45) is 5.92 Å². The van der Waals surface area contributed by atoms with E-state index in [2.05, 4.69) is 20.2 Å². The number of hydrogen-bond acceptors (Lipinski definition) is 5. The summed E-state index contributed by atoms with van der Waals surface area (Å²) in [5.41, 5.74) is 4.51. The number of anilines is 1. The van der Waals surface area contributed by atoms with Crippen LogP contribution < -0.4 is 15.0 Å². The van der Waals surface area contributed by atoms with Gasteiger partial charge in [0.1, 0.15) is 5.75 Å². The van der Waals surface area contributed by atoms with Crippen LogP contribution in [0.3, 0.4) is 0 Å². The summed E-state index contributed by atoms with van der Waals surface area (Å²) in [6.45, 7) is 2.72. The first-order valence-corrected chi connectivity index (χ1v) is 11.2. The van der Waals surface area contributed by atoms with E-state index in [0.29, 0.717) is 6.54 Å². The minimum Gasteiger partial charge on any atom is -0.497 e. The molecule has 7 heteroatoms. The molecule has 0 bridgehead atoms. The summed E-state index contributed by atoms with van der Waals surface area (Å²) in [7, 11) is 1.67. The highest BCUT2D eigenvalue weighted by atomic mass is 16.5. The van der Waals surface area contributed by atoms with Gasteiger partial charge in [0.05, 0.1) is 7.11 Å². The molecule has 0 saturated carbocycles. The number of carbonyl (C=O) groups is 1. The summed E-state index contributed by atoms with van der Waals surface area (Å²) < 4.78 is 5.34. The van der Waals surface area contributed by atoms with Crippen molar-refractivity contribution in [1.82, 2.24) is 20.3 Å². The number of fused-ring (bicyclic) bond motifs is 2. The average molecular weight is 420 g/mol. The number of H-pyrrole nitrogens is 1. The Morgan fingerprint density at radius 2 is 2.19 bits per heavy atom. The minimum atomic E-state index is -0.00296. The number of nitrogens with one attached hydrogen (secondary N) is 2. The van der Waals surface area contributed by atoms with Crippen molar-refractivity contribution in [3.05, 3.63) is 47.4 Å². The summed E-state index contributed by atoms with van der Waals surface area (Å²) in [6, 6.07) is 6.01. The number of rotatable bonds is 6. The molecule has 0 radical (unpaired) electrons. The lowest BCUT2D eigenvalue weighted by molar-refractivity contribution is -0.125. The van der Waals surface area contributed by atoms with E-state index in [4.69, 9.17) is 9.72 Å². The average Bonchev–Trinajstić information content (AvgIpc) is 3.48. The molecule has 0 spiro atoms. The highest BCUT2D eigenvalue weighted by molar-refractivity contribution is 5.85. The van der Waals surface area contributed by atoms with Crippen molar-refractivity contribution in [2.75, 3.05) is 31.6 Å². The molecule has 1 aliphatic carbocycles. The molecule has 1 fully saturated rings. The van der Waals surface area contributed by atoms with Gasteiger partial charge in [0.2, 0.25) is 11.9 Å². The molecule has 31 heavy (non-hydrogen) atoms. The number of benzene rings is 1. The fraction of sp³-hybridized carbons (Fsp3) is 0.458. The molecule has 2 N–H and O–H groups in total. The predicted octanol–water partition coefficient (Wildman–Crippen LogP) is 3.03. The molecule has 1 amide bonds. The summed E-state index contributed by atoms with van der Waals surface area (Å²) in [5.74, 6) is 1.83. The van der Waals surface area contributed by atoms with Crippen LogP contribution in [0.5, 0.6) is 5.75 Å².